The number of hydrogen-bond donors (Lipinski definition) is 0. The van der Waals surface area contributed by atoms with Crippen molar-refractivity contribution in [3.8, 4) is 0 Å². The third-order valence-electron chi connectivity index (χ3n) is 4.28. The fourth-order valence-corrected chi connectivity index (χ4v) is 2.99. The maximum Gasteiger partial charge on any atom is 0.163 e. The molecule has 0 N–H and O–H groups in total. The van der Waals surface area contributed by atoms with E-state index in [1.54, 1.807) is 0 Å². The molecular formula is C19H30O3. The first-order valence-corrected chi connectivity index (χ1v) is 8.49. The van der Waals surface area contributed by atoms with E-state index in [4.69, 9.17) is 14.2 Å². The van der Waals surface area contributed by atoms with E-state index in [1.807, 2.05) is 32.0 Å². The van der Waals surface area contributed by atoms with Crippen LogP contribution < -0.4 is 0 Å². The topological polar surface area (TPSA) is 27.7 Å². The fourth-order valence-electron chi connectivity index (χ4n) is 2.99. The monoisotopic (exact) mass is 306 g/mol. The van der Waals surface area contributed by atoms with Crippen molar-refractivity contribution in [2.75, 3.05) is 6.61 Å². The molecule has 1 saturated heterocycles. The van der Waals surface area contributed by atoms with E-state index >= 15 is 0 Å². The molecule has 1 aromatic carbocycles. The average molecular weight is 306 g/mol. The molecule has 0 bridgehead atoms. The highest BCUT2D eigenvalue weighted by Crippen LogP contribution is 2.33. The lowest BCUT2D eigenvalue weighted by atomic mass is 9.92. The Hall–Kier alpha value is -0.900. The fraction of sp³-hybridized carbons (Fsp3) is 0.684. The lowest BCUT2D eigenvalue weighted by molar-refractivity contribution is -0.326. The largest absolute Gasteiger partial charge is 0.374 e. The molecule has 0 saturated carbocycles. The first kappa shape index (κ1) is 17.5. The van der Waals surface area contributed by atoms with Crippen LogP contribution in [0.15, 0.2) is 30.3 Å². The van der Waals surface area contributed by atoms with E-state index in [9.17, 15) is 0 Å². The van der Waals surface area contributed by atoms with Gasteiger partial charge in [-0.25, -0.2) is 0 Å². The van der Waals surface area contributed by atoms with Gasteiger partial charge in [0.25, 0.3) is 0 Å². The molecule has 1 heterocycles. The van der Waals surface area contributed by atoms with Gasteiger partial charge in [0.05, 0.1) is 25.4 Å². The minimum atomic E-state index is -0.522. The molecular weight excluding hydrogens is 276 g/mol. The van der Waals surface area contributed by atoms with Gasteiger partial charge in [-0.15, -0.1) is 0 Å². The molecule has 0 radical (unpaired) electrons. The first-order valence-electron chi connectivity index (χ1n) is 8.49. The van der Waals surface area contributed by atoms with Crippen molar-refractivity contribution in [3.05, 3.63) is 35.9 Å². The summed E-state index contributed by atoms with van der Waals surface area (Å²) in [5, 5.41) is 0. The van der Waals surface area contributed by atoms with Gasteiger partial charge < -0.3 is 14.2 Å². The highest BCUT2D eigenvalue weighted by molar-refractivity contribution is 5.13. The summed E-state index contributed by atoms with van der Waals surface area (Å²) in [6.07, 6.45) is 3.84. The summed E-state index contributed by atoms with van der Waals surface area (Å²) in [5.74, 6) is -0.165. The Morgan fingerprint density at radius 1 is 1.09 bits per heavy atom. The summed E-state index contributed by atoms with van der Waals surface area (Å²) in [4.78, 5) is 0. The molecule has 1 fully saturated rings. The van der Waals surface area contributed by atoms with Crippen LogP contribution >= 0.6 is 0 Å². The SMILES string of the molecule is CCCC[C@@H]1OC(C)(C)O[C@@H](COCc2ccccc2)[C@H]1C. The second-order valence-corrected chi connectivity index (χ2v) is 6.71. The van der Waals surface area contributed by atoms with E-state index in [-0.39, 0.29) is 12.2 Å². The third-order valence-corrected chi connectivity index (χ3v) is 4.28. The van der Waals surface area contributed by atoms with Crippen LogP contribution in [0.2, 0.25) is 0 Å². The lowest BCUT2D eigenvalue weighted by Crippen LogP contribution is -2.51. The molecule has 1 aliphatic heterocycles. The van der Waals surface area contributed by atoms with Crippen LogP contribution in [0.25, 0.3) is 0 Å². The maximum atomic E-state index is 6.11. The highest BCUT2D eigenvalue weighted by atomic mass is 16.7. The molecule has 0 spiro atoms. The van der Waals surface area contributed by atoms with E-state index in [0.717, 1.165) is 6.42 Å². The van der Waals surface area contributed by atoms with Crippen molar-refractivity contribution in [1.29, 1.82) is 0 Å². The van der Waals surface area contributed by atoms with Gasteiger partial charge in [-0.2, -0.15) is 0 Å². The van der Waals surface area contributed by atoms with Gasteiger partial charge >= 0.3 is 0 Å². The molecule has 1 aromatic rings. The summed E-state index contributed by atoms with van der Waals surface area (Å²) in [6.45, 7) is 9.69. The Bertz CT molecular complexity index is 430. The summed E-state index contributed by atoms with van der Waals surface area (Å²) in [7, 11) is 0. The smallest absolute Gasteiger partial charge is 0.163 e. The Labute approximate surface area is 135 Å². The number of ether oxygens (including phenoxy) is 3. The molecule has 0 aliphatic carbocycles. The van der Waals surface area contributed by atoms with Gasteiger partial charge in [-0.05, 0) is 25.8 Å². The minimum absolute atomic E-state index is 0.0920. The number of unbranched alkanes of at least 4 members (excludes halogenated alkanes) is 1. The van der Waals surface area contributed by atoms with Crippen molar-refractivity contribution < 1.29 is 14.2 Å². The van der Waals surface area contributed by atoms with Crippen molar-refractivity contribution >= 4 is 0 Å². The van der Waals surface area contributed by atoms with Crippen LogP contribution in [0.1, 0.15) is 52.5 Å². The molecule has 2 rings (SSSR count). The number of rotatable bonds is 7. The minimum Gasteiger partial charge on any atom is -0.374 e. The molecule has 0 amide bonds. The van der Waals surface area contributed by atoms with E-state index in [0.29, 0.717) is 19.1 Å². The second kappa shape index (κ2) is 8.09. The van der Waals surface area contributed by atoms with Gasteiger partial charge in [0.15, 0.2) is 5.79 Å². The Balaban J connectivity index is 1.87. The highest BCUT2D eigenvalue weighted by Gasteiger charge is 2.40. The van der Waals surface area contributed by atoms with Gasteiger partial charge in [0, 0.05) is 5.92 Å². The number of hydrogen-bond acceptors (Lipinski definition) is 3. The summed E-state index contributed by atoms with van der Waals surface area (Å²) < 4.78 is 18.1. The summed E-state index contributed by atoms with van der Waals surface area (Å²) in [5.41, 5.74) is 1.20. The normalized spacial score (nSPS) is 27.7. The van der Waals surface area contributed by atoms with Gasteiger partial charge in [-0.1, -0.05) is 57.0 Å². The van der Waals surface area contributed by atoms with Crippen molar-refractivity contribution in [2.24, 2.45) is 5.92 Å². The number of benzene rings is 1. The molecule has 3 heteroatoms. The van der Waals surface area contributed by atoms with Crippen molar-refractivity contribution in [2.45, 2.75) is 71.6 Å². The summed E-state index contributed by atoms with van der Waals surface area (Å²) >= 11 is 0. The Kier molecular flexibility index (Phi) is 6.42. The lowest BCUT2D eigenvalue weighted by Gasteiger charge is -2.45. The second-order valence-electron chi connectivity index (χ2n) is 6.71. The molecule has 3 nitrogen and oxygen atoms in total. The van der Waals surface area contributed by atoms with Crippen molar-refractivity contribution in [3.63, 3.8) is 0 Å². The predicted octanol–water partition coefficient (Wildman–Crippen LogP) is 4.55. The predicted molar refractivity (Wildman–Crippen MR) is 88.6 cm³/mol. The van der Waals surface area contributed by atoms with Crippen LogP contribution in [-0.2, 0) is 20.8 Å². The van der Waals surface area contributed by atoms with Crippen LogP contribution in [0.4, 0.5) is 0 Å². The summed E-state index contributed by atoms with van der Waals surface area (Å²) in [6, 6.07) is 10.3. The van der Waals surface area contributed by atoms with E-state index in [2.05, 4.69) is 26.0 Å². The standard InChI is InChI=1S/C19H30O3/c1-5-6-12-17-15(2)18(22-19(3,4)21-17)14-20-13-16-10-8-7-9-11-16/h7-11,15,17-18H,5-6,12-14H2,1-4H3/t15-,17-,18-/m0/s1. The van der Waals surface area contributed by atoms with E-state index in [1.165, 1.54) is 18.4 Å². The molecule has 22 heavy (non-hydrogen) atoms. The zero-order valence-corrected chi connectivity index (χ0v) is 14.4. The molecule has 124 valence electrons. The van der Waals surface area contributed by atoms with Gasteiger partial charge in [0.2, 0.25) is 0 Å². The Morgan fingerprint density at radius 3 is 2.45 bits per heavy atom. The Morgan fingerprint density at radius 2 is 1.77 bits per heavy atom. The van der Waals surface area contributed by atoms with Gasteiger partial charge in [0.1, 0.15) is 0 Å². The zero-order chi connectivity index (χ0) is 16.0. The zero-order valence-electron chi connectivity index (χ0n) is 14.4. The van der Waals surface area contributed by atoms with Crippen LogP contribution in [-0.4, -0.2) is 24.6 Å². The molecule has 0 unspecified atom stereocenters. The van der Waals surface area contributed by atoms with E-state index < -0.39 is 5.79 Å². The molecule has 1 aliphatic rings. The van der Waals surface area contributed by atoms with Gasteiger partial charge in [-0.3, -0.25) is 0 Å². The third kappa shape index (κ3) is 5.08. The first-order chi connectivity index (χ1) is 10.5. The van der Waals surface area contributed by atoms with Crippen LogP contribution in [0.5, 0.6) is 0 Å². The maximum absolute atomic E-state index is 6.11. The van der Waals surface area contributed by atoms with Crippen LogP contribution in [0, 0.1) is 5.92 Å². The molecule has 0 aromatic heterocycles. The van der Waals surface area contributed by atoms with Crippen LogP contribution in [0.3, 0.4) is 0 Å². The quantitative estimate of drug-likeness (QED) is 0.739. The molecule has 3 atom stereocenters. The van der Waals surface area contributed by atoms with Crippen molar-refractivity contribution in [1.82, 2.24) is 0 Å². The average Bonchev–Trinajstić information content (AvgIpc) is 2.49.